The van der Waals surface area contributed by atoms with Gasteiger partial charge in [-0.1, -0.05) is 0 Å². The van der Waals surface area contributed by atoms with Gasteiger partial charge in [0.25, 0.3) is 0 Å². The summed E-state index contributed by atoms with van der Waals surface area (Å²) in [7, 11) is 0. The van der Waals surface area contributed by atoms with Gasteiger partial charge < -0.3 is 10.2 Å². The number of nitrogens with zero attached hydrogens (tertiary/aromatic N) is 3. The molecule has 1 aromatic rings. The maximum Gasteiger partial charge on any atom is 0.317 e. The van der Waals surface area contributed by atoms with E-state index >= 15 is 0 Å². The third kappa shape index (κ3) is 2.79. The zero-order chi connectivity index (χ0) is 14.4. The monoisotopic (exact) mass is 306 g/mol. The summed E-state index contributed by atoms with van der Waals surface area (Å²) in [5, 5.41) is 6.39. The quantitative estimate of drug-likeness (QED) is 0.927. The van der Waals surface area contributed by atoms with Crippen molar-refractivity contribution in [3.8, 4) is 0 Å². The van der Waals surface area contributed by atoms with Crippen molar-refractivity contribution in [3.05, 3.63) is 16.1 Å². The lowest BCUT2D eigenvalue weighted by Gasteiger charge is -2.48. The smallest absolute Gasteiger partial charge is 0.317 e. The molecule has 0 bridgehead atoms. The lowest BCUT2D eigenvalue weighted by atomic mass is 9.79. The Kier molecular flexibility index (Phi) is 3.19. The van der Waals surface area contributed by atoms with Gasteiger partial charge in [0.1, 0.15) is 0 Å². The molecule has 0 atom stereocenters. The summed E-state index contributed by atoms with van der Waals surface area (Å²) < 4.78 is 0. The van der Waals surface area contributed by atoms with Crippen LogP contribution in [-0.2, 0) is 6.54 Å². The molecule has 1 aromatic heterocycles. The summed E-state index contributed by atoms with van der Waals surface area (Å²) in [6.07, 6.45) is 3.53. The minimum Gasteiger partial charge on any atom is -0.335 e. The molecule has 114 valence electrons. The molecule has 0 radical (unpaired) electrons. The highest BCUT2D eigenvalue weighted by Crippen LogP contribution is 2.40. The number of hydrogen-bond donors (Lipinski definition) is 1. The number of urea groups is 1. The van der Waals surface area contributed by atoms with Crippen LogP contribution in [0.2, 0.25) is 0 Å². The Morgan fingerprint density at radius 2 is 2.29 bits per heavy atom. The van der Waals surface area contributed by atoms with E-state index in [2.05, 4.69) is 27.5 Å². The van der Waals surface area contributed by atoms with E-state index in [1.54, 1.807) is 11.3 Å². The Labute approximate surface area is 129 Å². The largest absolute Gasteiger partial charge is 0.335 e. The Balaban J connectivity index is 1.27. The summed E-state index contributed by atoms with van der Waals surface area (Å²) >= 11 is 1.72. The molecule has 3 heterocycles. The van der Waals surface area contributed by atoms with E-state index in [0.29, 0.717) is 11.5 Å². The third-order valence-corrected chi connectivity index (χ3v) is 5.64. The molecule has 21 heavy (non-hydrogen) atoms. The predicted octanol–water partition coefficient (Wildman–Crippen LogP) is 1.83. The first-order chi connectivity index (χ1) is 10.1. The van der Waals surface area contributed by atoms with Gasteiger partial charge in [0.05, 0.1) is 10.7 Å². The van der Waals surface area contributed by atoms with Crippen molar-refractivity contribution in [2.75, 3.05) is 26.2 Å². The number of aryl methyl sites for hydroxylation is 1. The fourth-order valence-corrected chi connectivity index (χ4v) is 4.14. The zero-order valence-electron chi connectivity index (χ0n) is 12.5. The average Bonchev–Trinajstić information content (AvgIpc) is 2.96. The highest BCUT2D eigenvalue weighted by molar-refractivity contribution is 7.09. The lowest BCUT2D eigenvalue weighted by Crippen LogP contribution is -2.61. The minimum atomic E-state index is 0.150. The van der Waals surface area contributed by atoms with E-state index < -0.39 is 0 Å². The van der Waals surface area contributed by atoms with Crippen LogP contribution in [0.1, 0.15) is 30.0 Å². The van der Waals surface area contributed by atoms with Crippen molar-refractivity contribution in [2.24, 2.45) is 5.41 Å². The summed E-state index contributed by atoms with van der Waals surface area (Å²) in [6, 6.07) is 0.610. The van der Waals surface area contributed by atoms with Crippen LogP contribution in [-0.4, -0.2) is 53.0 Å². The molecule has 1 N–H and O–H groups in total. The highest BCUT2D eigenvalue weighted by atomic mass is 32.1. The molecular formula is C15H22N4OS. The van der Waals surface area contributed by atoms with Crippen LogP contribution in [0.3, 0.4) is 0 Å². The molecule has 4 rings (SSSR count). The summed E-state index contributed by atoms with van der Waals surface area (Å²) in [5.41, 5.74) is 1.54. The maximum atomic E-state index is 12.0. The minimum absolute atomic E-state index is 0.150. The lowest BCUT2D eigenvalue weighted by molar-refractivity contribution is 0.0378. The Morgan fingerprint density at radius 1 is 1.48 bits per heavy atom. The zero-order valence-corrected chi connectivity index (χ0v) is 13.3. The van der Waals surface area contributed by atoms with E-state index in [9.17, 15) is 4.79 Å². The van der Waals surface area contributed by atoms with Crippen molar-refractivity contribution in [1.82, 2.24) is 20.1 Å². The van der Waals surface area contributed by atoms with Crippen LogP contribution in [0.25, 0.3) is 0 Å². The van der Waals surface area contributed by atoms with Crippen molar-refractivity contribution in [2.45, 2.75) is 38.8 Å². The molecule has 2 saturated heterocycles. The van der Waals surface area contributed by atoms with E-state index in [1.165, 1.54) is 12.1 Å². The first-order valence-electron chi connectivity index (χ1n) is 7.81. The van der Waals surface area contributed by atoms with E-state index in [0.717, 1.165) is 50.6 Å². The first-order valence-corrected chi connectivity index (χ1v) is 8.69. The number of rotatable bonds is 3. The van der Waals surface area contributed by atoms with Gasteiger partial charge in [-0.05, 0) is 32.7 Å². The van der Waals surface area contributed by atoms with Crippen LogP contribution < -0.4 is 5.32 Å². The molecule has 1 saturated carbocycles. The van der Waals surface area contributed by atoms with Gasteiger partial charge in [0, 0.05) is 43.0 Å². The molecule has 1 aliphatic carbocycles. The van der Waals surface area contributed by atoms with Gasteiger partial charge in [-0.3, -0.25) is 4.90 Å². The van der Waals surface area contributed by atoms with Crippen molar-refractivity contribution in [1.29, 1.82) is 0 Å². The highest BCUT2D eigenvalue weighted by Gasteiger charge is 2.49. The van der Waals surface area contributed by atoms with Crippen LogP contribution in [0.5, 0.6) is 0 Å². The van der Waals surface area contributed by atoms with Gasteiger partial charge in [-0.2, -0.15) is 0 Å². The van der Waals surface area contributed by atoms with Crippen LogP contribution >= 0.6 is 11.3 Å². The number of carbonyl (C=O) groups is 1. The maximum absolute atomic E-state index is 12.0. The fraction of sp³-hybridized carbons (Fsp3) is 0.733. The van der Waals surface area contributed by atoms with E-state index in [4.69, 9.17) is 0 Å². The van der Waals surface area contributed by atoms with E-state index in [1.807, 2.05) is 4.90 Å². The van der Waals surface area contributed by atoms with Gasteiger partial charge >= 0.3 is 6.03 Å². The summed E-state index contributed by atoms with van der Waals surface area (Å²) in [4.78, 5) is 21.0. The fourth-order valence-electron chi connectivity index (χ4n) is 3.53. The van der Waals surface area contributed by atoms with Crippen LogP contribution in [0.15, 0.2) is 5.38 Å². The van der Waals surface area contributed by atoms with Crippen LogP contribution in [0.4, 0.5) is 4.79 Å². The second kappa shape index (κ2) is 4.95. The molecule has 6 heteroatoms. The second-order valence-corrected chi connectivity index (χ2v) is 7.96. The standard InChI is InChI=1S/C15H22N4OS/c1-11-16-13(7-21-11)6-18-5-4-15(8-18)9-19(10-15)14(20)17-12-2-3-12/h7,12H,2-6,8-10H2,1H3,(H,17,20). The van der Waals surface area contributed by atoms with Crippen LogP contribution in [0, 0.1) is 12.3 Å². The van der Waals surface area contributed by atoms with Crippen molar-refractivity contribution < 1.29 is 4.79 Å². The first kappa shape index (κ1) is 13.5. The number of hydrogen-bond acceptors (Lipinski definition) is 4. The molecule has 2 aliphatic heterocycles. The number of carbonyl (C=O) groups excluding carboxylic acids is 1. The molecule has 5 nitrogen and oxygen atoms in total. The molecule has 1 spiro atoms. The van der Waals surface area contributed by atoms with Gasteiger partial charge in [-0.25, -0.2) is 9.78 Å². The van der Waals surface area contributed by atoms with Gasteiger partial charge in [0.2, 0.25) is 0 Å². The normalized spacial score (nSPS) is 24.3. The second-order valence-electron chi connectivity index (χ2n) is 6.90. The summed E-state index contributed by atoms with van der Waals surface area (Å²) in [6.45, 7) is 7.12. The average molecular weight is 306 g/mol. The molecular weight excluding hydrogens is 284 g/mol. The molecule has 0 unspecified atom stereocenters. The molecule has 3 aliphatic rings. The summed E-state index contributed by atoms with van der Waals surface area (Å²) in [5.74, 6) is 0. The topological polar surface area (TPSA) is 48.5 Å². The Hall–Kier alpha value is -1.14. The number of thiazole rings is 1. The molecule has 0 aromatic carbocycles. The van der Waals surface area contributed by atoms with Gasteiger partial charge in [0.15, 0.2) is 0 Å². The Bertz CT molecular complexity index is 548. The van der Waals surface area contributed by atoms with Crippen molar-refractivity contribution >= 4 is 17.4 Å². The molecule has 3 fully saturated rings. The number of aromatic nitrogens is 1. The predicted molar refractivity (Wildman–Crippen MR) is 82.3 cm³/mol. The molecule has 2 amide bonds. The van der Waals surface area contributed by atoms with E-state index in [-0.39, 0.29) is 6.03 Å². The number of nitrogens with one attached hydrogen (secondary N) is 1. The Morgan fingerprint density at radius 3 is 2.95 bits per heavy atom. The SMILES string of the molecule is Cc1nc(CN2CCC3(C2)CN(C(=O)NC2CC2)C3)cs1. The number of likely N-dealkylation sites (tertiary alicyclic amines) is 2. The number of amides is 2. The van der Waals surface area contributed by atoms with Gasteiger partial charge in [-0.15, -0.1) is 11.3 Å². The van der Waals surface area contributed by atoms with Crippen molar-refractivity contribution in [3.63, 3.8) is 0 Å². The third-order valence-electron chi connectivity index (χ3n) is 4.81.